The van der Waals surface area contributed by atoms with Crippen LogP contribution >= 0.6 is 0 Å². The van der Waals surface area contributed by atoms with Gasteiger partial charge in [-0.1, -0.05) is 13.0 Å². The first-order valence-corrected chi connectivity index (χ1v) is 7.18. The zero-order valence-corrected chi connectivity index (χ0v) is 12.0. The number of carboxylic acid groups (broad SMARTS) is 1. The number of aromatic nitrogens is 1. The summed E-state index contributed by atoms with van der Waals surface area (Å²) in [5, 5.41) is 9.89. The number of carbonyl (C=O) groups is 1. The van der Waals surface area contributed by atoms with Gasteiger partial charge in [-0.2, -0.15) is 0 Å². The van der Waals surface area contributed by atoms with Crippen LogP contribution in [0.3, 0.4) is 0 Å². The van der Waals surface area contributed by atoms with E-state index in [0.717, 1.165) is 25.3 Å². The average molecular weight is 286 g/mol. The van der Waals surface area contributed by atoms with Gasteiger partial charge in [-0.25, -0.2) is 9.78 Å². The quantitative estimate of drug-likeness (QED) is 0.939. The van der Waals surface area contributed by atoms with E-state index in [0.29, 0.717) is 23.1 Å². The van der Waals surface area contributed by atoms with E-state index in [2.05, 4.69) is 16.8 Å². The van der Waals surface area contributed by atoms with Crippen LogP contribution in [0.2, 0.25) is 0 Å². The minimum atomic E-state index is -0.924. The van der Waals surface area contributed by atoms with Crippen LogP contribution in [0.25, 0.3) is 10.9 Å². The van der Waals surface area contributed by atoms with Gasteiger partial charge in [0.2, 0.25) is 0 Å². The molecule has 1 saturated heterocycles. The molecule has 1 unspecified atom stereocenters. The van der Waals surface area contributed by atoms with E-state index in [1.54, 1.807) is 12.1 Å². The van der Waals surface area contributed by atoms with Gasteiger partial charge in [-0.15, -0.1) is 0 Å². The number of rotatable bonds is 3. The van der Waals surface area contributed by atoms with Gasteiger partial charge in [0.15, 0.2) is 0 Å². The Morgan fingerprint density at radius 3 is 3.05 bits per heavy atom. The number of ether oxygens (including phenoxy) is 1. The van der Waals surface area contributed by atoms with Gasteiger partial charge >= 0.3 is 5.97 Å². The summed E-state index contributed by atoms with van der Waals surface area (Å²) in [5.74, 6) is -0.0423. The van der Waals surface area contributed by atoms with Crippen molar-refractivity contribution < 1.29 is 14.6 Å². The first-order valence-electron chi connectivity index (χ1n) is 7.18. The molecule has 1 fully saturated rings. The summed E-state index contributed by atoms with van der Waals surface area (Å²) in [6.07, 6.45) is 1.22. The predicted molar refractivity (Wildman–Crippen MR) is 80.9 cm³/mol. The summed E-state index contributed by atoms with van der Waals surface area (Å²) in [6.45, 7) is 4.45. The van der Waals surface area contributed by atoms with E-state index in [-0.39, 0.29) is 6.10 Å². The fourth-order valence-electron chi connectivity index (χ4n) is 2.68. The van der Waals surface area contributed by atoms with E-state index in [9.17, 15) is 9.90 Å². The van der Waals surface area contributed by atoms with Gasteiger partial charge in [0.1, 0.15) is 5.82 Å². The molecule has 21 heavy (non-hydrogen) atoms. The van der Waals surface area contributed by atoms with Crippen molar-refractivity contribution in [1.29, 1.82) is 0 Å². The van der Waals surface area contributed by atoms with E-state index in [1.165, 1.54) is 0 Å². The lowest BCUT2D eigenvalue weighted by molar-refractivity contribution is 0.0382. The fraction of sp³-hybridized carbons (Fsp3) is 0.375. The van der Waals surface area contributed by atoms with Crippen molar-refractivity contribution in [2.24, 2.45) is 0 Å². The van der Waals surface area contributed by atoms with Crippen molar-refractivity contribution in [1.82, 2.24) is 4.98 Å². The fourth-order valence-corrected chi connectivity index (χ4v) is 2.68. The Morgan fingerprint density at radius 2 is 2.29 bits per heavy atom. The van der Waals surface area contributed by atoms with E-state index >= 15 is 0 Å². The second kappa shape index (κ2) is 5.69. The van der Waals surface area contributed by atoms with Gasteiger partial charge in [0, 0.05) is 18.5 Å². The normalized spacial score (nSPS) is 18.9. The second-order valence-corrected chi connectivity index (χ2v) is 5.19. The van der Waals surface area contributed by atoms with Crippen LogP contribution in [0.1, 0.15) is 23.7 Å². The molecule has 1 atom stereocenters. The van der Waals surface area contributed by atoms with E-state index in [1.807, 2.05) is 18.2 Å². The Balaban J connectivity index is 1.96. The summed E-state index contributed by atoms with van der Waals surface area (Å²) >= 11 is 0. The maximum Gasteiger partial charge on any atom is 0.336 e. The van der Waals surface area contributed by atoms with Gasteiger partial charge in [0.25, 0.3) is 0 Å². The predicted octanol–water partition coefficient (Wildman–Crippen LogP) is 2.55. The number of morpholine rings is 1. The van der Waals surface area contributed by atoms with Crippen molar-refractivity contribution in [3.63, 3.8) is 0 Å². The summed E-state index contributed by atoms with van der Waals surface area (Å²) in [5.41, 5.74) is 1.01. The number of pyridine rings is 1. The molecule has 0 bridgehead atoms. The lowest BCUT2D eigenvalue weighted by Crippen LogP contribution is -2.42. The van der Waals surface area contributed by atoms with Crippen LogP contribution in [0, 0.1) is 0 Å². The van der Waals surface area contributed by atoms with Crippen LogP contribution < -0.4 is 4.90 Å². The Hall–Kier alpha value is -2.14. The number of anilines is 1. The second-order valence-electron chi connectivity index (χ2n) is 5.19. The van der Waals surface area contributed by atoms with Crippen molar-refractivity contribution in [2.45, 2.75) is 19.4 Å². The molecule has 110 valence electrons. The monoisotopic (exact) mass is 286 g/mol. The number of nitrogens with zero attached hydrogens (tertiary/aromatic N) is 2. The third-order valence-corrected chi connectivity index (χ3v) is 3.87. The Morgan fingerprint density at radius 1 is 1.43 bits per heavy atom. The first kappa shape index (κ1) is 13.8. The number of benzene rings is 1. The lowest BCUT2D eigenvalue weighted by Gasteiger charge is -2.33. The molecule has 2 heterocycles. The molecule has 0 saturated carbocycles. The SMILES string of the molecule is CCC1CN(c2ccc3c(C(=O)O)cccc3n2)CCO1. The number of hydrogen-bond donors (Lipinski definition) is 1. The van der Waals surface area contributed by atoms with Crippen LogP contribution in [-0.4, -0.2) is 41.9 Å². The molecule has 0 spiro atoms. The van der Waals surface area contributed by atoms with E-state index < -0.39 is 5.97 Å². The molecular formula is C16H18N2O3. The van der Waals surface area contributed by atoms with Crippen molar-refractivity contribution in [2.75, 3.05) is 24.6 Å². The highest BCUT2D eigenvalue weighted by Crippen LogP contribution is 2.23. The van der Waals surface area contributed by atoms with Crippen molar-refractivity contribution in [3.8, 4) is 0 Å². The minimum Gasteiger partial charge on any atom is -0.478 e. The zero-order chi connectivity index (χ0) is 14.8. The summed E-state index contributed by atoms with van der Waals surface area (Å²) in [7, 11) is 0. The lowest BCUT2D eigenvalue weighted by atomic mass is 10.1. The van der Waals surface area contributed by atoms with Crippen LogP contribution in [0.4, 0.5) is 5.82 Å². The maximum atomic E-state index is 11.2. The molecule has 1 aliphatic rings. The maximum absolute atomic E-state index is 11.2. The molecule has 0 aliphatic carbocycles. The molecule has 1 aliphatic heterocycles. The Labute approximate surface area is 123 Å². The largest absolute Gasteiger partial charge is 0.478 e. The molecule has 1 aromatic carbocycles. The molecule has 0 radical (unpaired) electrons. The summed E-state index contributed by atoms with van der Waals surface area (Å²) < 4.78 is 5.67. The third-order valence-electron chi connectivity index (χ3n) is 3.87. The number of fused-ring (bicyclic) bond motifs is 1. The molecule has 5 nitrogen and oxygen atoms in total. The summed E-state index contributed by atoms with van der Waals surface area (Å²) in [4.78, 5) is 18.0. The van der Waals surface area contributed by atoms with E-state index in [4.69, 9.17) is 4.74 Å². The van der Waals surface area contributed by atoms with Gasteiger partial charge in [-0.05, 0) is 30.7 Å². The number of carboxylic acids is 1. The Bertz CT molecular complexity index is 672. The number of aromatic carboxylic acids is 1. The molecular weight excluding hydrogens is 268 g/mol. The highest BCUT2D eigenvalue weighted by Gasteiger charge is 2.20. The highest BCUT2D eigenvalue weighted by molar-refractivity contribution is 6.02. The average Bonchev–Trinajstić information content (AvgIpc) is 2.53. The third kappa shape index (κ3) is 2.69. The standard InChI is InChI=1S/C16H18N2O3/c1-2-11-10-18(8-9-21-11)15-7-6-12-13(16(19)20)4-3-5-14(12)17-15/h3-7,11H,2,8-10H2,1H3,(H,19,20). The number of hydrogen-bond acceptors (Lipinski definition) is 4. The van der Waals surface area contributed by atoms with Crippen molar-refractivity contribution >= 4 is 22.7 Å². The highest BCUT2D eigenvalue weighted by atomic mass is 16.5. The molecule has 0 amide bonds. The van der Waals surface area contributed by atoms with Gasteiger partial charge in [0.05, 0.1) is 23.8 Å². The molecule has 3 rings (SSSR count). The summed E-state index contributed by atoms with van der Waals surface area (Å²) in [6, 6.07) is 8.93. The molecule has 1 N–H and O–H groups in total. The zero-order valence-electron chi connectivity index (χ0n) is 12.0. The molecule has 2 aromatic rings. The molecule has 1 aromatic heterocycles. The van der Waals surface area contributed by atoms with Crippen LogP contribution in [0.15, 0.2) is 30.3 Å². The topological polar surface area (TPSA) is 62.7 Å². The van der Waals surface area contributed by atoms with Crippen LogP contribution in [-0.2, 0) is 4.74 Å². The Kier molecular flexibility index (Phi) is 3.75. The van der Waals surface area contributed by atoms with Crippen LogP contribution in [0.5, 0.6) is 0 Å². The van der Waals surface area contributed by atoms with Gasteiger partial charge in [-0.3, -0.25) is 0 Å². The smallest absolute Gasteiger partial charge is 0.336 e. The van der Waals surface area contributed by atoms with Gasteiger partial charge < -0.3 is 14.7 Å². The minimum absolute atomic E-state index is 0.238. The van der Waals surface area contributed by atoms with Crippen molar-refractivity contribution in [3.05, 3.63) is 35.9 Å². The first-order chi connectivity index (χ1) is 10.2. The molecule has 5 heteroatoms.